The van der Waals surface area contributed by atoms with Crippen LogP contribution in [0.2, 0.25) is 0 Å². The first-order chi connectivity index (χ1) is 14.4. The molecule has 1 aliphatic rings. The standard InChI is InChI=1S/C27H28NOP/c1-27(2,3)24-19-12-20-25(26(24)29)30(22-15-6-4-7-16-22,23-17-8-5-9-18-23)28-21-13-10-11-14-21/h4-21,29H,1-3H3. The molecule has 152 valence electrons. The Balaban J connectivity index is 2.15. The molecule has 1 N–H and O–H groups in total. The molecule has 3 aromatic carbocycles. The minimum absolute atomic E-state index is 0.0172. The molecule has 0 fully saturated rings. The number of hydrogen-bond donors (Lipinski definition) is 1. The second kappa shape index (κ2) is 8.13. The van der Waals surface area contributed by atoms with Crippen molar-refractivity contribution in [2.24, 2.45) is 4.74 Å². The van der Waals surface area contributed by atoms with E-state index >= 15 is 0 Å². The minimum Gasteiger partial charge on any atom is -0.507 e. The van der Waals surface area contributed by atoms with Crippen LogP contribution < -0.4 is 15.9 Å². The zero-order chi connectivity index (χ0) is 21.2. The smallest absolute Gasteiger partial charge is 0.129 e. The van der Waals surface area contributed by atoms with E-state index in [-0.39, 0.29) is 11.5 Å². The van der Waals surface area contributed by atoms with Gasteiger partial charge in [-0.1, -0.05) is 118 Å². The lowest BCUT2D eigenvalue weighted by Gasteiger charge is -2.31. The van der Waals surface area contributed by atoms with Crippen molar-refractivity contribution in [3.8, 4) is 5.75 Å². The van der Waals surface area contributed by atoms with Crippen molar-refractivity contribution in [3.05, 3.63) is 109 Å². The number of nitrogens with zero attached hydrogens (tertiary/aromatic N) is 1. The summed E-state index contributed by atoms with van der Waals surface area (Å²) in [6, 6.07) is 27.0. The number of aromatic hydroxyl groups is 1. The first kappa shape index (κ1) is 20.4. The summed E-state index contributed by atoms with van der Waals surface area (Å²) in [6.45, 7) is 6.41. The molecule has 1 aliphatic carbocycles. The fourth-order valence-corrected chi connectivity index (χ4v) is 7.74. The number of allylic oxidation sites excluding steroid dienone is 2. The maximum absolute atomic E-state index is 11.6. The van der Waals surface area contributed by atoms with Gasteiger partial charge in [-0.2, -0.15) is 0 Å². The van der Waals surface area contributed by atoms with Gasteiger partial charge in [-0.3, -0.25) is 4.74 Å². The molecule has 0 radical (unpaired) electrons. The van der Waals surface area contributed by atoms with Gasteiger partial charge in [0.1, 0.15) is 5.75 Å². The maximum atomic E-state index is 11.6. The normalized spacial score (nSPS) is 14.2. The largest absolute Gasteiger partial charge is 0.507 e. The number of phenolic OH excluding ortho intramolecular Hbond substituents is 1. The minimum atomic E-state index is -2.46. The third-order valence-electron chi connectivity index (χ3n) is 5.47. The summed E-state index contributed by atoms with van der Waals surface area (Å²) in [4.78, 5) is 0. The van der Waals surface area contributed by atoms with Crippen LogP contribution in [0.15, 0.2) is 108 Å². The van der Waals surface area contributed by atoms with Crippen LogP contribution in [-0.4, -0.2) is 11.1 Å². The predicted octanol–water partition coefficient (Wildman–Crippen LogP) is 5.66. The van der Waals surface area contributed by atoms with Gasteiger partial charge in [-0.05, 0) is 17.0 Å². The van der Waals surface area contributed by atoms with E-state index in [0.717, 1.165) is 21.5 Å². The summed E-state index contributed by atoms with van der Waals surface area (Å²) in [6.07, 6.45) is 8.32. The number of benzene rings is 3. The van der Waals surface area contributed by atoms with Crippen molar-refractivity contribution in [2.45, 2.75) is 32.2 Å². The fourth-order valence-electron chi connectivity index (χ4n) is 4.01. The molecule has 0 amide bonds. The zero-order valence-electron chi connectivity index (χ0n) is 17.7. The van der Waals surface area contributed by atoms with Crippen LogP contribution in [0.1, 0.15) is 26.3 Å². The van der Waals surface area contributed by atoms with Crippen LogP contribution in [0.5, 0.6) is 5.75 Å². The number of phenols is 1. The third-order valence-corrected chi connectivity index (χ3v) is 9.23. The quantitative estimate of drug-likeness (QED) is 0.550. The Morgan fingerprint density at radius 1 is 0.733 bits per heavy atom. The summed E-state index contributed by atoms with van der Waals surface area (Å²) in [5, 5.41) is 14.8. The summed E-state index contributed by atoms with van der Waals surface area (Å²) in [5.41, 5.74) is 0.778. The van der Waals surface area contributed by atoms with E-state index in [1.807, 2.05) is 30.4 Å². The molecule has 2 nitrogen and oxygen atoms in total. The first-order valence-electron chi connectivity index (χ1n) is 10.3. The molecular formula is C27H28NOP. The molecule has 0 atom stereocenters. The molecule has 0 aliphatic heterocycles. The monoisotopic (exact) mass is 413 g/mol. The average molecular weight is 414 g/mol. The van der Waals surface area contributed by atoms with Gasteiger partial charge >= 0.3 is 0 Å². The summed E-state index contributed by atoms with van der Waals surface area (Å²) < 4.78 is 5.48. The van der Waals surface area contributed by atoms with Gasteiger partial charge in [0.05, 0.1) is 13.1 Å². The second-order valence-electron chi connectivity index (χ2n) is 8.61. The Hall–Kier alpha value is -2.83. The highest BCUT2D eigenvalue weighted by atomic mass is 31.2. The number of rotatable bonds is 4. The Kier molecular flexibility index (Phi) is 5.54. The highest BCUT2D eigenvalue weighted by molar-refractivity contribution is 7.87. The lowest BCUT2D eigenvalue weighted by atomic mass is 9.86. The zero-order valence-corrected chi connectivity index (χ0v) is 18.6. The van der Waals surface area contributed by atoms with Gasteiger partial charge in [0.15, 0.2) is 0 Å². The lowest BCUT2D eigenvalue weighted by Crippen LogP contribution is -2.28. The molecule has 0 heterocycles. The maximum Gasteiger partial charge on any atom is 0.129 e. The fraction of sp³-hybridized carbons (Fsp3) is 0.185. The molecule has 4 rings (SSSR count). The summed E-state index contributed by atoms with van der Waals surface area (Å²) in [7, 11) is -2.46. The van der Waals surface area contributed by atoms with Gasteiger partial charge < -0.3 is 5.11 Å². The molecule has 0 saturated carbocycles. The summed E-state index contributed by atoms with van der Waals surface area (Å²) in [5.74, 6) is 0.362. The highest BCUT2D eigenvalue weighted by Gasteiger charge is 2.33. The van der Waals surface area contributed by atoms with E-state index in [0.29, 0.717) is 5.75 Å². The van der Waals surface area contributed by atoms with E-state index < -0.39 is 7.05 Å². The van der Waals surface area contributed by atoms with Crippen molar-refractivity contribution in [3.63, 3.8) is 0 Å². The third kappa shape index (κ3) is 3.68. The topological polar surface area (TPSA) is 32.6 Å². The summed E-state index contributed by atoms with van der Waals surface area (Å²) >= 11 is 0. The molecule has 3 heteroatoms. The van der Waals surface area contributed by atoms with E-state index in [9.17, 15) is 5.11 Å². The Bertz CT molecular complexity index is 1080. The van der Waals surface area contributed by atoms with Crippen molar-refractivity contribution in [1.29, 1.82) is 0 Å². The Morgan fingerprint density at radius 3 is 1.77 bits per heavy atom. The van der Waals surface area contributed by atoms with Crippen molar-refractivity contribution in [2.75, 3.05) is 0 Å². The van der Waals surface area contributed by atoms with Crippen LogP contribution in [0.3, 0.4) is 0 Å². The van der Waals surface area contributed by atoms with E-state index in [1.165, 1.54) is 0 Å². The van der Waals surface area contributed by atoms with Gasteiger partial charge in [-0.15, -0.1) is 0 Å². The number of hydrogen-bond acceptors (Lipinski definition) is 2. The van der Waals surface area contributed by atoms with Crippen LogP contribution in [0, 0.1) is 0 Å². The van der Waals surface area contributed by atoms with Crippen LogP contribution >= 0.6 is 7.05 Å². The van der Waals surface area contributed by atoms with Crippen LogP contribution in [-0.2, 0) is 5.41 Å². The van der Waals surface area contributed by atoms with Crippen LogP contribution in [0.25, 0.3) is 0 Å². The van der Waals surface area contributed by atoms with Gasteiger partial charge in [-0.25, -0.2) is 0 Å². The van der Waals surface area contributed by atoms with Gasteiger partial charge in [0.2, 0.25) is 0 Å². The molecule has 0 unspecified atom stereocenters. The number of para-hydroxylation sites is 1. The first-order valence-corrected chi connectivity index (χ1v) is 12.1. The lowest BCUT2D eigenvalue weighted by molar-refractivity contribution is 0.451. The Morgan fingerprint density at radius 2 is 1.27 bits per heavy atom. The highest BCUT2D eigenvalue weighted by Crippen LogP contribution is 2.51. The van der Waals surface area contributed by atoms with Crippen molar-refractivity contribution >= 4 is 23.0 Å². The van der Waals surface area contributed by atoms with Crippen LogP contribution in [0.4, 0.5) is 0 Å². The molecule has 0 saturated heterocycles. The van der Waals surface area contributed by atoms with E-state index in [1.54, 1.807) is 0 Å². The second-order valence-corrected chi connectivity index (χ2v) is 11.6. The van der Waals surface area contributed by atoms with Gasteiger partial charge in [0.25, 0.3) is 0 Å². The van der Waals surface area contributed by atoms with Gasteiger partial charge in [0, 0.05) is 15.9 Å². The predicted molar refractivity (Wildman–Crippen MR) is 130 cm³/mol. The SMILES string of the molecule is CC(C)(C)c1cccc(P(=NC2C=CC=C2)(c2ccccc2)c2ccccc2)c1O. The molecule has 30 heavy (non-hydrogen) atoms. The van der Waals surface area contributed by atoms with Crippen molar-refractivity contribution in [1.82, 2.24) is 0 Å². The molecule has 3 aromatic rings. The molecule has 0 spiro atoms. The van der Waals surface area contributed by atoms with E-state index in [2.05, 4.69) is 93.6 Å². The molecular weight excluding hydrogens is 385 g/mol. The van der Waals surface area contributed by atoms with Crippen molar-refractivity contribution < 1.29 is 5.11 Å². The Labute approximate surface area is 179 Å². The molecule has 0 aromatic heterocycles. The molecule has 0 bridgehead atoms. The van der Waals surface area contributed by atoms with E-state index in [4.69, 9.17) is 4.74 Å². The average Bonchev–Trinajstić information content (AvgIpc) is 3.26.